The topological polar surface area (TPSA) is 16.4 Å². The molecule has 246 valence electrons. The Balaban J connectivity index is 1.17. The summed E-state index contributed by atoms with van der Waals surface area (Å²) in [7, 11) is 0. The number of rotatable bonds is 8. The highest BCUT2D eigenvalue weighted by molar-refractivity contribution is 6.10. The van der Waals surface area contributed by atoms with Crippen molar-refractivity contribution in [3.05, 3.63) is 235 Å². The molecule has 0 fully saturated rings. The number of anilines is 3. The number of benzene rings is 8. The summed E-state index contributed by atoms with van der Waals surface area (Å²) in [6, 6.07) is 75.2. The van der Waals surface area contributed by atoms with Crippen LogP contribution in [0.25, 0.3) is 44.2 Å². The summed E-state index contributed by atoms with van der Waals surface area (Å²) in [4.78, 5) is 2.30. The molecule has 0 bridgehead atoms. The summed E-state index contributed by atoms with van der Waals surface area (Å²) >= 11 is 0. The molecule has 8 aromatic carbocycles. The average Bonchev–Trinajstić information content (AvgIpc) is 3.61. The Morgan fingerprint density at radius 3 is 1.44 bits per heavy atom. The number of fused-ring (bicyclic) bond motifs is 3. The number of hydrogen-bond acceptors (Lipinski definition) is 2. The van der Waals surface area contributed by atoms with E-state index >= 15 is 0 Å². The molecule has 0 amide bonds. The molecule has 0 unspecified atom stereocenters. The molecule has 2 nitrogen and oxygen atoms in total. The Morgan fingerprint density at radius 1 is 0.346 bits per heavy atom. The summed E-state index contributed by atoms with van der Waals surface area (Å²) < 4.78 is 6.53. The van der Waals surface area contributed by atoms with Crippen LogP contribution in [-0.2, 0) is 0 Å². The van der Waals surface area contributed by atoms with Crippen LogP contribution in [0, 0.1) is 0 Å². The first-order valence-electron chi connectivity index (χ1n) is 17.7. The van der Waals surface area contributed by atoms with Gasteiger partial charge in [-0.1, -0.05) is 176 Å². The summed E-state index contributed by atoms with van der Waals surface area (Å²) in [6.07, 6.45) is 0. The van der Waals surface area contributed by atoms with Gasteiger partial charge in [-0.2, -0.15) is 0 Å². The van der Waals surface area contributed by atoms with Crippen LogP contribution in [0.5, 0.6) is 0 Å². The predicted molar refractivity (Wildman–Crippen MR) is 218 cm³/mol. The first-order chi connectivity index (χ1) is 25.8. The summed E-state index contributed by atoms with van der Waals surface area (Å²) in [5, 5.41) is 2.22. The Kier molecular flexibility index (Phi) is 8.24. The number of furan rings is 1. The molecular weight excluding hydrogens is 631 g/mol. The van der Waals surface area contributed by atoms with Crippen LogP contribution >= 0.6 is 0 Å². The molecule has 0 spiro atoms. The van der Waals surface area contributed by atoms with Crippen molar-refractivity contribution in [2.24, 2.45) is 0 Å². The van der Waals surface area contributed by atoms with Crippen molar-refractivity contribution in [2.45, 2.75) is 0 Å². The van der Waals surface area contributed by atoms with Crippen molar-refractivity contribution < 1.29 is 4.42 Å². The van der Waals surface area contributed by atoms with E-state index in [0.717, 1.165) is 55.7 Å². The lowest BCUT2D eigenvalue weighted by molar-refractivity contribution is 0.669. The second kappa shape index (κ2) is 13.8. The highest BCUT2D eigenvalue weighted by atomic mass is 16.3. The molecule has 0 radical (unpaired) electrons. The van der Waals surface area contributed by atoms with E-state index in [1.807, 2.05) is 12.1 Å². The maximum absolute atomic E-state index is 6.53. The minimum atomic E-state index is 0.871. The van der Waals surface area contributed by atoms with Gasteiger partial charge in [0.2, 0.25) is 0 Å². The summed E-state index contributed by atoms with van der Waals surface area (Å²) in [5.41, 5.74) is 14.3. The molecule has 1 heterocycles. The molecule has 9 rings (SSSR count). The van der Waals surface area contributed by atoms with Gasteiger partial charge < -0.3 is 9.32 Å². The van der Waals surface area contributed by atoms with Crippen LogP contribution in [0.1, 0.15) is 22.3 Å². The molecular formula is C50H35NO. The lowest BCUT2D eigenvalue weighted by atomic mass is 9.85. The van der Waals surface area contributed by atoms with Crippen molar-refractivity contribution >= 4 is 50.1 Å². The average molecular weight is 666 g/mol. The summed E-state index contributed by atoms with van der Waals surface area (Å²) in [6.45, 7) is 0. The number of nitrogens with zero attached hydrogens (tertiary/aromatic N) is 1. The van der Waals surface area contributed by atoms with Crippen molar-refractivity contribution in [3.8, 4) is 11.1 Å². The highest BCUT2D eigenvalue weighted by Gasteiger charge is 2.20. The minimum Gasteiger partial charge on any atom is -0.454 e. The number of para-hydroxylation sites is 3. The normalized spacial score (nSPS) is 11.1. The Hall–Kier alpha value is -6.90. The van der Waals surface area contributed by atoms with Gasteiger partial charge >= 0.3 is 0 Å². The smallest absolute Gasteiger partial charge is 0.159 e. The standard InChI is InChI=1S/C50H35NO/c1-5-17-37(18-6-1)48(38-19-7-2-8-20-38)49(39-21-9-3-10-22-39)40-33-31-36(32-34-40)41-23-15-26-43(35-41)51(42-24-11-4-12-25-42)46-29-16-28-45-44-27-13-14-30-47(44)52-50(45)46/h1-35H. The van der Waals surface area contributed by atoms with Crippen LogP contribution < -0.4 is 4.90 Å². The van der Waals surface area contributed by atoms with E-state index in [1.165, 1.54) is 27.8 Å². The van der Waals surface area contributed by atoms with Gasteiger partial charge in [-0.15, -0.1) is 0 Å². The quantitative estimate of drug-likeness (QED) is 0.150. The van der Waals surface area contributed by atoms with Gasteiger partial charge in [-0.25, -0.2) is 0 Å². The van der Waals surface area contributed by atoms with Crippen LogP contribution in [0.2, 0.25) is 0 Å². The predicted octanol–water partition coefficient (Wildman–Crippen LogP) is 13.7. The van der Waals surface area contributed by atoms with E-state index in [0.29, 0.717) is 0 Å². The fourth-order valence-corrected chi connectivity index (χ4v) is 7.29. The molecule has 0 aliphatic rings. The molecule has 0 aliphatic carbocycles. The van der Waals surface area contributed by atoms with Gasteiger partial charge in [-0.3, -0.25) is 0 Å². The zero-order chi connectivity index (χ0) is 34.7. The molecule has 0 aliphatic heterocycles. The zero-order valence-corrected chi connectivity index (χ0v) is 28.6. The zero-order valence-electron chi connectivity index (χ0n) is 28.6. The van der Waals surface area contributed by atoms with Gasteiger partial charge in [0.15, 0.2) is 5.58 Å². The second-order valence-corrected chi connectivity index (χ2v) is 12.9. The third-order valence-corrected chi connectivity index (χ3v) is 9.69. The van der Waals surface area contributed by atoms with Crippen LogP contribution in [0.3, 0.4) is 0 Å². The van der Waals surface area contributed by atoms with Crippen molar-refractivity contribution in [3.63, 3.8) is 0 Å². The van der Waals surface area contributed by atoms with E-state index in [9.17, 15) is 0 Å². The van der Waals surface area contributed by atoms with Gasteiger partial charge in [0.1, 0.15) is 5.58 Å². The van der Waals surface area contributed by atoms with Gasteiger partial charge in [0.05, 0.1) is 5.69 Å². The Labute approximate surface area is 304 Å². The van der Waals surface area contributed by atoms with Crippen molar-refractivity contribution in [1.29, 1.82) is 0 Å². The monoisotopic (exact) mass is 665 g/mol. The van der Waals surface area contributed by atoms with Crippen molar-refractivity contribution in [1.82, 2.24) is 0 Å². The minimum absolute atomic E-state index is 0.871. The van der Waals surface area contributed by atoms with E-state index < -0.39 is 0 Å². The second-order valence-electron chi connectivity index (χ2n) is 12.9. The molecule has 0 N–H and O–H groups in total. The van der Waals surface area contributed by atoms with Gasteiger partial charge in [0.25, 0.3) is 0 Å². The number of hydrogen-bond donors (Lipinski definition) is 0. The van der Waals surface area contributed by atoms with Crippen LogP contribution in [0.4, 0.5) is 17.1 Å². The fourth-order valence-electron chi connectivity index (χ4n) is 7.29. The van der Waals surface area contributed by atoms with Gasteiger partial charge in [-0.05, 0) is 80.9 Å². The highest BCUT2D eigenvalue weighted by Crippen LogP contribution is 2.43. The molecule has 0 atom stereocenters. The van der Waals surface area contributed by atoms with Crippen molar-refractivity contribution in [2.75, 3.05) is 4.90 Å². The SMILES string of the molecule is c1ccc(C(=C(c2ccccc2)c2ccc(-c3cccc(N(c4ccccc4)c4cccc5c4oc4ccccc45)c3)cc2)c2ccccc2)cc1. The van der Waals surface area contributed by atoms with Crippen LogP contribution in [0.15, 0.2) is 217 Å². The molecule has 52 heavy (non-hydrogen) atoms. The molecule has 0 saturated carbocycles. The summed E-state index contributed by atoms with van der Waals surface area (Å²) in [5.74, 6) is 0. The van der Waals surface area contributed by atoms with E-state index in [1.54, 1.807) is 0 Å². The largest absolute Gasteiger partial charge is 0.454 e. The lowest BCUT2D eigenvalue weighted by Gasteiger charge is -2.26. The first-order valence-corrected chi connectivity index (χ1v) is 17.7. The van der Waals surface area contributed by atoms with Crippen LogP contribution in [-0.4, -0.2) is 0 Å². The van der Waals surface area contributed by atoms with E-state index in [4.69, 9.17) is 4.42 Å². The van der Waals surface area contributed by atoms with Gasteiger partial charge in [0, 0.05) is 22.1 Å². The Bertz CT molecular complexity index is 2600. The first kappa shape index (κ1) is 31.1. The lowest BCUT2D eigenvalue weighted by Crippen LogP contribution is -2.10. The molecule has 0 saturated heterocycles. The third kappa shape index (κ3) is 5.87. The van der Waals surface area contributed by atoms with E-state index in [2.05, 4.69) is 205 Å². The molecule has 2 heteroatoms. The fraction of sp³-hybridized carbons (Fsp3) is 0. The Morgan fingerprint density at radius 2 is 0.827 bits per heavy atom. The molecule has 9 aromatic rings. The maximum Gasteiger partial charge on any atom is 0.159 e. The third-order valence-electron chi connectivity index (χ3n) is 9.69. The maximum atomic E-state index is 6.53. The van der Waals surface area contributed by atoms with E-state index in [-0.39, 0.29) is 0 Å². The molecule has 1 aromatic heterocycles.